The number of likely N-dealkylation sites (N-methyl/N-ethyl adjacent to an activating group) is 1. The number of carbonyl (C=O) groups is 1. The monoisotopic (exact) mass is 211 g/mol. The van der Waals surface area contributed by atoms with Gasteiger partial charge in [0.1, 0.15) is 0 Å². The Bertz CT molecular complexity index is 361. The van der Waals surface area contributed by atoms with Crippen LogP contribution in [0.1, 0.15) is 21.5 Å². The van der Waals surface area contributed by atoms with E-state index in [9.17, 15) is 4.79 Å². The predicted octanol–water partition coefficient (Wildman–Crippen LogP) is 2.36. The highest BCUT2D eigenvalue weighted by molar-refractivity contribution is 6.32. The van der Waals surface area contributed by atoms with Crippen molar-refractivity contribution in [3.05, 3.63) is 33.8 Å². The average Bonchev–Trinajstić information content (AvgIpc) is 2.11. The summed E-state index contributed by atoms with van der Waals surface area (Å²) in [6.07, 6.45) is 0. The molecule has 1 aromatic rings. The predicted molar refractivity (Wildman–Crippen MR) is 59.2 cm³/mol. The fourth-order valence-corrected chi connectivity index (χ4v) is 1.63. The molecule has 76 valence electrons. The first-order valence-corrected chi connectivity index (χ1v) is 4.88. The van der Waals surface area contributed by atoms with Crippen LogP contribution in [0.25, 0.3) is 0 Å². The minimum Gasteiger partial charge on any atom is -0.313 e. The van der Waals surface area contributed by atoms with Crippen LogP contribution in [0.4, 0.5) is 0 Å². The number of aryl methyl sites for hydroxylation is 1. The maximum Gasteiger partial charge on any atom is 0.176 e. The molecule has 1 rings (SSSR count). The molecule has 1 aromatic carbocycles. The molecule has 0 amide bonds. The van der Waals surface area contributed by atoms with Crippen LogP contribution in [-0.4, -0.2) is 19.4 Å². The minimum atomic E-state index is 0.0793. The van der Waals surface area contributed by atoms with Gasteiger partial charge in [-0.2, -0.15) is 0 Å². The molecule has 0 aliphatic heterocycles. The van der Waals surface area contributed by atoms with Gasteiger partial charge in [-0.05, 0) is 44.2 Å². The molecule has 0 aromatic heterocycles. The van der Waals surface area contributed by atoms with E-state index < -0.39 is 0 Å². The van der Waals surface area contributed by atoms with E-state index in [0.29, 0.717) is 17.1 Å². The number of hydrogen-bond donors (Lipinski definition) is 1. The molecule has 0 aliphatic rings. The molecule has 3 heteroatoms. The fraction of sp³-hybridized carbons (Fsp3) is 0.364. The molecule has 0 saturated heterocycles. The molecule has 14 heavy (non-hydrogen) atoms. The molecule has 0 bridgehead atoms. The lowest BCUT2D eigenvalue weighted by molar-refractivity contribution is 0.0993. The van der Waals surface area contributed by atoms with Crippen LogP contribution in [0.3, 0.4) is 0 Å². The van der Waals surface area contributed by atoms with Gasteiger partial charge >= 0.3 is 0 Å². The lowest BCUT2D eigenvalue weighted by atomic mass is 10.0. The number of carbonyl (C=O) groups excluding carboxylic acids is 1. The van der Waals surface area contributed by atoms with Crippen LogP contribution in [0.5, 0.6) is 0 Å². The van der Waals surface area contributed by atoms with Gasteiger partial charge < -0.3 is 5.32 Å². The Morgan fingerprint density at radius 3 is 2.64 bits per heavy atom. The van der Waals surface area contributed by atoms with Crippen molar-refractivity contribution in [2.75, 3.05) is 13.6 Å². The third-order valence-electron chi connectivity index (χ3n) is 2.13. The quantitative estimate of drug-likeness (QED) is 0.778. The first-order chi connectivity index (χ1) is 6.56. The fourth-order valence-electron chi connectivity index (χ4n) is 1.36. The van der Waals surface area contributed by atoms with E-state index in [1.165, 1.54) is 0 Å². The van der Waals surface area contributed by atoms with Crippen molar-refractivity contribution >= 4 is 17.4 Å². The molecule has 0 radical (unpaired) electrons. The third-order valence-corrected chi connectivity index (χ3v) is 2.52. The smallest absolute Gasteiger partial charge is 0.176 e. The molecule has 0 spiro atoms. The number of nitrogens with one attached hydrogen (secondary N) is 1. The van der Waals surface area contributed by atoms with E-state index in [2.05, 4.69) is 5.32 Å². The minimum absolute atomic E-state index is 0.0793. The number of ketones is 1. The Morgan fingerprint density at radius 2 is 2.07 bits per heavy atom. The largest absolute Gasteiger partial charge is 0.313 e. The number of benzene rings is 1. The van der Waals surface area contributed by atoms with Crippen LogP contribution >= 0.6 is 11.6 Å². The van der Waals surface area contributed by atoms with Gasteiger partial charge in [-0.1, -0.05) is 11.6 Å². The van der Waals surface area contributed by atoms with Gasteiger partial charge in [-0.15, -0.1) is 0 Å². The number of Topliss-reactive ketones (excluding diaryl/α,β-unsaturated/α-hetero) is 1. The summed E-state index contributed by atoms with van der Waals surface area (Å²) in [5.74, 6) is 0.0793. The summed E-state index contributed by atoms with van der Waals surface area (Å²) in [6, 6.07) is 3.74. The molecule has 0 aliphatic carbocycles. The van der Waals surface area contributed by atoms with Crippen molar-refractivity contribution in [3.63, 3.8) is 0 Å². The lowest BCUT2D eigenvalue weighted by Gasteiger charge is -2.07. The molecule has 0 unspecified atom stereocenters. The van der Waals surface area contributed by atoms with Crippen LogP contribution in [0.15, 0.2) is 12.1 Å². The van der Waals surface area contributed by atoms with Crippen molar-refractivity contribution in [2.24, 2.45) is 0 Å². The van der Waals surface area contributed by atoms with E-state index in [1.54, 1.807) is 7.05 Å². The highest BCUT2D eigenvalue weighted by Gasteiger charge is 2.10. The first kappa shape index (κ1) is 11.2. The van der Waals surface area contributed by atoms with Crippen molar-refractivity contribution < 1.29 is 4.79 Å². The van der Waals surface area contributed by atoms with Gasteiger partial charge in [0.2, 0.25) is 0 Å². The topological polar surface area (TPSA) is 29.1 Å². The van der Waals surface area contributed by atoms with E-state index in [4.69, 9.17) is 11.6 Å². The summed E-state index contributed by atoms with van der Waals surface area (Å²) in [5.41, 5.74) is 2.59. The van der Waals surface area contributed by atoms with Gasteiger partial charge in [-0.3, -0.25) is 4.79 Å². The zero-order chi connectivity index (χ0) is 10.7. The zero-order valence-corrected chi connectivity index (χ0v) is 9.40. The van der Waals surface area contributed by atoms with Crippen LogP contribution in [0, 0.1) is 13.8 Å². The third kappa shape index (κ3) is 2.34. The van der Waals surface area contributed by atoms with Crippen molar-refractivity contribution in [2.45, 2.75) is 13.8 Å². The summed E-state index contributed by atoms with van der Waals surface area (Å²) >= 11 is 5.99. The standard InChI is InChI=1S/C11H14ClNO/c1-7-4-9(11(14)6-13-3)8(2)10(12)5-7/h4-5,13H,6H2,1-3H3. The Morgan fingerprint density at radius 1 is 1.43 bits per heavy atom. The molecule has 1 N–H and O–H groups in total. The number of halogens is 1. The van der Waals surface area contributed by atoms with Crippen molar-refractivity contribution in [1.82, 2.24) is 5.32 Å². The summed E-state index contributed by atoms with van der Waals surface area (Å²) in [4.78, 5) is 11.6. The number of hydrogen-bond acceptors (Lipinski definition) is 2. The van der Waals surface area contributed by atoms with Crippen LogP contribution in [-0.2, 0) is 0 Å². The maximum atomic E-state index is 11.6. The second-order valence-corrected chi connectivity index (χ2v) is 3.78. The molecule has 0 heterocycles. The van der Waals surface area contributed by atoms with Gasteiger partial charge in [0.05, 0.1) is 6.54 Å². The molecular weight excluding hydrogens is 198 g/mol. The summed E-state index contributed by atoms with van der Waals surface area (Å²) in [5, 5.41) is 3.50. The molecule has 0 fully saturated rings. The Labute approximate surface area is 89.3 Å². The molecular formula is C11H14ClNO. The van der Waals surface area contributed by atoms with Crippen molar-refractivity contribution in [1.29, 1.82) is 0 Å². The van der Waals surface area contributed by atoms with Gasteiger partial charge in [0, 0.05) is 10.6 Å². The second-order valence-electron chi connectivity index (χ2n) is 3.37. The lowest BCUT2D eigenvalue weighted by Crippen LogP contribution is -2.19. The Balaban J connectivity index is 3.13. The van der Waals surface area contributed by atoms with Crippen molar-refractivity contribution in [3.8, 4) is 0 Å². The average molecular weight is 212 g/mol. The Hall–Kier alpha value is -0.860. The van der Waals surface area contributed by atoms with Gasteiger partial charge in [0.15, 0.2) is 5.78 Å². The second kappa shape index (κ2) is 4.58. The molecule has 0 saturated carbocycles. The highest BCUT2D eigenvalue weighted by Crippen LogP contribution is 2.21. The summed E-state index contributed by atoms with van der Waals surface area (Å²) in [7, 11) is 1.75. The summed E-state index contributed by atoms with van der Waals surface area (Å²) in [6.45, 7) is 4.15. The van der Waals surface area contributed by atoms with E-state index in [0.717, 1.165) is 11.1 Å². The van der Waals surface area contributed by atoms with E-state index in [1.807, 2.05) is 26.0 Å². The van der Waals surface area contributed by atoms with Gasteiger partial charge in [0.25, 0.3) is 0 Å². The van der Waals surface area contributed by atoms with Crippen LogP contribution in [0.2, 0.25) is 5.02 Å². The first-order valence-electron chi connectivity index (χ1n) is 4.50. The molecule has 2 nitrogen and oxygen atoms in total. The molecule has 0 atom stereocenters. The highest BCUT2D eigenvalue weighted by atomic mass is 35.5. The SMILES string of the molecule is CNCC(=O)c1cc(C)cc(Cl)c1C. The zero-order valence-electron chi connectivity index (χ0n) is 8.65. The number of rotatable bonds is 3. The van der Waals surface area contributed by atoms with E-state index >= 15 is 0 Å². The van der Waals surface area contributed by atoms with Crippen LogP contribution < -0.4 is 5.32 Å². The Kier molecular flexibility index (Phi) is 3.67. The van der Waals surface area contributed by atoms with E-state index in [-0.39, 0.29) is 5.78 Å². The maximum absolute atomic E-state index is 11.6. The van der Waals surface area contributed by atoms with Gasteiger partial charge in [-0.25, -0.2) is 0 Å². The summed E-state index contributed by atoms with van der Waals surface area (Å²) < 4.78 is 0. The normalized spacial score (nSPS) is 10.3.